The van der Waals surface area contributed by atoms with Gasteiger partial charge in [-0.25, -0.2) is 15.0 Å². The summed E-state index contributed by atoms with van der Waals surface area (Å²) in [7, 11) is 0. The van der Waals surface area contributed by atoms with Crippen LogP contribution in [0.5, 0.6) is 0 Å². The third-order valence-electron chi connectivity index (χ3n) is 2.82. The Morgan fingerprint density at radius 2 is 2.05 bits per heavy atom. The molecule has 2 fully saturated rings. The lowest BCUT2D eigenvalue weighted by molar-refractivity contribution is -0.130. The molecular weight excluding hydrogens is 254 g/mol. The number of hydrogen-bond acceptors (Lipinski definition) is 5. The minimum absolute atomic E-state index is 0.0989. The Morgan fingerprint density at radius 3 is 2.58 bits per heavy atom. The van der Waals surface area contributed by atoms with Crippen molar-refractivity contribution < 1.29 is 24.2 Å². The molecule has 2 atom stereocenters. The third kappa shape index (κ3) is 2.62. The zero-order chi connectivity index (χ0) is 14.4. The van der Waals surface area contributed by atoms with Gasteiger partial charge < -0.3 is 14.7 Å². The monoisotopic (exact) mass is 271 g/mol. The lowest BCUT2D eigenvalue weighted by Gasteiger charge is -2.22. The molecule has 0 aromatic heterocycles. The van der Waals surface area contributed by atoms with Gasteiger partial charge in [-0.2, -0.15) is 5.01 Å². The molecule has 0 aliphatic carbocycles. The van der Waals surface area contributed by atoms with E-state index in [0.717, 1.165) is 0 Å². The molecule has 19 heavy (non-hydrogen) atoms. The molecule has 106 valence electrons. The van der Waals surface area contributed by atoms with Crippen molar-refractivity contribution in [3.63, 3.8) is 0 Å². The lowest BCUT2D eigenvalue weighted by atomic mass is 10.2. The fourth-order valence-electron chi connectivity index (χ4n) is 2.13. The topological polar surface area (TPSA) is 99.2 Å². The van der Waals surface area contributed by atoms with E-state index in [-0.39, 0.29) is 13.0 Å². The van der Waals surface area contributed by atoms with Crippen LogP contribution in [-0.4, -0.2) is 57.3 Å². The van der Waals surface area contributed by atoms with Crippen LogP contribution in [0, 0.1) is 0 Å². The number of hydrazine groups is 1. The van der Waals surface area contributed by atoms with Crippen LogP contribution >= 0.6 is 0 Å². The van der Waals surface area contributed by atoms with Crippen LogP contribution in [-0.2, 0) is 9.53 Å². The number of ether oxygens (including phenoxy) is 1. The van der Waals surface area contributed by atoms with Crippen LogP contribution < -0.4 is 5.43 Å². The van der Waals surface area contributed by atoms with Crippen molar-refractivity contribution in [3.8, 4) is 0 Å². The minimum atomic E-state index is -0.865. The number of urea groups is 1. The number of rotatable bonds is 1. The summed E-state index contributed by atoms with van der Waals surface area (Å²) in [6.45, 7) is 5.13. The highest BCUT2D eigenvalue weighted by molar-refractivity contribution is 6.05. The molecule has 8 heteroatoms. The summed E-state index contributed by atoms with van der Waals surface area (Å²) in [5.74, 6) is -0.549. The molecule has 2 saturated heterocycles. The second kappa shape index (κ2) is 4.37. The van der Waals surface area contributed by atoms with Crippen LogP contribution in [0.25, 0.3) is 0 Å². The SMILES string of the molecule is CC(C)(C)OC(=O)NN1C(=O)[C@@H]2C[C@@H](O)CN2C1=O. The van der Waals surface area contributed by atoms with Gasteiger partial charge in [-0.15, -0.1) is 0 Å². The van der Waals surface area contributed by atoms with Crippen LogP contribution in [0.1, 0.15) is 27.2 Å². The third-order valence-corrected chi connectivity index (χ3v) is 2.82. The molecule has 0 aromatic carbocycles. The largest absolute Gasteiger partial charge is 0.443 e. The molecule has 2 N–H and O–H groups in total. The highest BCUT2D eigenvalue weighted by Crippen LogP contribution is 2.26. The number of fused-ring (bicyclic) bond motifs is 1. The molecule has 0 bridgehead atoms. The van der Waals surface area contributed by atoms with E-state index < -0.39 is 35.8 Å². The molecule has 2 heterocycles. The molecule has 2 aliphatic rings. The van der Waals surface area contributed by atoms with Gasteiger partial charge in [-0.3, -0.25) is 4.79 Å². The number of carbonyl (C=O) groups excluding carboxylic acids is 3. The quantitative estimate of drug-likeness (QED) is 0.645. The van der Waals surface area contributed by atoms with Crippen molar-refractivity contribution in [3.05, 3.63) is 0 Å². The standard InChI is InChI=1S/C11H17N3O5/c1-11(2,3)19-9(17)12-14-8(16)7-4-6(15)5-13(7)10(14)18/h6-7,15H,4-5H2,1-3H3,(H,12,17)/t6-,7+/m1/s1. The maximum Gasteiger partial charge on any atom is 0.427 e. The Morgan fingerprint density at radius 1 is 1.42 bits per heavy atom. The van der Waals surface area contributed by atoms with E-state index in [0.29, 0.717) is 5.01 Å². The Balaban J connectivity index is 2.01. The first-order valence-corrected chi connectivity index (χ1v) is 6.01. The summed E-state index contributed by atoms with van der Waals surface area (Å²) >= 11 is 0. The average molecular weight is 271 g/mol. The van der Waals surface area contributed by atoms with Gasteiger partial charge in [0.2, 0.25) is 0 Å². The normalized spacial score (nSPS) is 26.7. The van der Waals surface area contributed by atoms with Crippen LogP contribution in [0.4, 0.5) is 9.59 Å². The lowest BCUT2D eigenvalue weighted by Crippen LogP contribution is -2.49. The fraction of sp³-hybridized carbons (Fsp3) is 0.727. The van der Waals surface area contributed by atoms with Gasteiger partial charge in [0.15, 0.2) is 0 Å². The van der Waals surface area contributed by atoms with Crippen LogP contribution in [0.15, 0.2) is 0 Å². The predicted molar refractivity (Wildman–Crippen MR) is 62.7 cm³/mol. The number of nitrogens with zero attached hydrogens (tertiary/aromatic N) is 2. The highest BCUT2D eigenvalue weighted by atomic mass is 16.6. The number of aliphatic hydroxyl groups is 1. The Hall–Kier alpha value is -1.83. The van der Waals surface area contributed by atoms with Gasteiger partial charge in [0.25, 0.3) is 5.91 Å². The van der Waals surface area contributed by atoms with E-state index in [1.165, 1.54) is 4.90 Å². The van der Waals surface area contributed by atoms with E-state index in [1.807, 2.05) is 0 Å². The smallest absolute Gasteiger partial charge is 0.427 e. The molecule has 0 radical (unpaired) electrons. The molecule has 0 unspecified atom stereocenters. The Kier molecular flexibility index (Phi) is 3.13. The molecule has 2 rings (SSSR count). The predicted octanol–water partition coefficient (Wildman–Crippen LogP) is -0.176. The van der Waals surface area contributed by atoms with Crippen molar-refractivity contribution >= 4 is 18.0 Å². The number of carbonyl (C=O) groups is 3. The zero-order valence-corrected chi connectivity index (χ0v) is 11.0. The van der Waals surface area contributed by atoms with Crippen molar-refractivity contribution in [1.29, 1.82) is 0 Å². The Bertz CT molecular complexity index is 407. The molecular formula is C11H17N3O5. The molecule has 2 aliphatic heterocycles. The van der Waals surface area contributed by atoms with Gasteiger partial charge in [0, 0.05) is 13.0 Å². The summed E-state index contributed by atoms with van der Waals surface area (Å²) in [6, 6.07) is -1.34. The first-order chi connectivity index (χ1) is 8.69. The number of hydrogen-bond donors (Lipinski definition) is 2. The summed E-state index contributed by atoms with van der Waals surface area (Å²) in [5.41, 5.74) is 1.41. The molecule has 0 saturated carbocycles. The van der Waals surface area contributed by atoms with Crippen molar-refractivity contribution in [2.24, 2.45) is 0 Å². The Labute approximate surface area is 110 Å². The number of aliphatic hydroxyl groups excluding tert-OH is 1. The van der Waals surface area contributed by atoms with Gasteiger partial charge in [0.1, 0.15) is 11.6 Å². The fourth-order valence-corrected chi connectivity index (χ4v) is 2.13. The van der Waals surface area contributed by atoms with E-state index in [2.05, 4.69) is 5.43 Å². The maximum absolute atomic E-state index is 11.9. The second-order valence-electron chi connectivity index (χ2n) is 5.63. The van der Waals surface area contributed by atoms with Crippen molar-refractivity contribution in [2.45, 2.75) is 44.9 Å². The molecule has 8 nitrogen and oxygen atoms in total. The summed E-state index contributed by atoms with van der Waals surface area (Å²) < 4.78 is 4.98. The molecule has 0 aromatic rings. The number of nitrogens with one attached hydrogen (secondary N) is 1. The van der Waals surface area contributed by atoms with Crippen molar-refractivity contribution in [1.82, 2.24) is 15.3 Å². The maximum atomic E-state index is 11.9. The van der Waals surface area contributed by atoms with E-state index >= 15 is 0 Å². The van der Waals surface area contributed by atoms with Crippen LogP contribution in [0.2, 0.25) is 0 Å². The highest BCUT2D eigenvalue weighted by Gasteiger charge is 2.51. The number of amides is 4. The average Bonchev–Trinajstić information content (AvgIpc) is 2.71. The van der Waals surface area contributed by atoms with Crippen molar-refractivity contribution in [2.75, 3.05) is 6.54 Å². The zero-order valence-electron chi connectivity index (χ0n) is 11.0. The number of imide groups is 1. The molecule has 0 spiro atoms. The first-order valence-electron chi connectivity index (χ1n) is 6.01. The van der Waals surface area contributed by atoms with Gasteiger partial charge >= 0.3 is 12.1 Å². The summed E-state index contributed by atoms with van der Waals surface area (Å²) in [4.78, 5) is 36.6. The summed E-state index contributed by atoms with van der Waals surface area (Å²) in [5, 5.41) is 10.1. The first kappa shape index (κ1) is 13.6. The van der Waals surface area contributed by atoms with Gasteiger partial charge in [-0.1, -0.05) is 0 Å². The van der Waals surface area contributed by atoms with E-state index in [1.54, 1.807) is 20.8 Å². The van der Waals surface area contributed by atoms with Crippen LogP contribution in [0.3, 0.4) is 0 Å². The van der Waals surface area contributed by atoms with E-state index in [9.17, 15) is 19.5 Å². The molecule has 4 amide bonds. The van der Waals surface area contributed by atoms with Gasteiger partial charge in [-0.05, 0) is 20.8 Å². The second-order valence-corrected chi connectivity index (χ2v) is 5.63. The summed E-state index contributed by atoms with van der Waals surface area (Å²) in [6.07, 6.45) is -1.37. The minimum Gasteiger partial charge on any atom is -0.443 e. The van der Waals surface area contributed by atoms with E-state index in [4.69, 9.17) is 4.74 Å². The van der Waals surface area contributed by atoms with Gasteiger partial charge in [0.05, 0.1) is 6.10 Å².